The molecule has 0 aliphatic rings. The number of benzene rings is 1. The number of carbonyl (C=O) groups excluding carboxylic acids is 1. The third-order valence-electron chi connectivity index (χ3n) is 2.60. The van der Waals surface area contributed by atoms with Gasteiger partial charge in [0.1, 0.15) is 5.82 Å². The smallest absolute Gasteiger partial charge is 0.358 e. The zero-order chi connectivity index (χ0) is 13.7. The van der Waals surface area contributed by atoms with E-state index >= 15 is 0 Å². The van der Waals surface area contributed by atoms with Gasteiger partial charge in [-0.25, -0.2) is 14.8 Å². The van der Waals surface area contributed by atoms with Crippen LogP contribution >= 0.6 is 0 Å². The number of hydrogen-bond donors (Lipinski definition) is 1. The number of rotatable bonds is 4. The first-order valence-electron chi connectivity index (χ1n) is 5.89. The molecule has 0 aliphatic heterocycles. The molecule has 1 aromatic carbocycles. The molecule has 98 valence electrons. The molecule has 19 heavy (non-hydrogen) atoms. The molecule has 0 radical (unpaired) electrons. The summed E-state index contributed by atoms with van der Waals surface area (Å²) in [4.78, 5) is 19.3. The molecule has 1 N–H and O–H groups in total. The Bertz CT molecular complexity index is 567. The van der Waals surface area contributed by atoms with Crippen molar-refractivity contribution in [2.24, 2.45) is 0 Å². The second kappa shape index (κ2) is 5.95. The molecular formula is C14H15N3O2. The fourth-order valence-corrected chi connectivity index (χ4v) is 1.64. The topological polar surface area (TPSA) is 64.1 Å². The third kappa shape index (κ3) is 3.51. The highest BCUT2D eigenvalue weighted by atomic mass is 16.5. The van der Waals surface area contributed by atoms with E-state index in [-0.39, 0.29) is 5.69 Å². The second-order valence-electron chi connectivity index (χ2n) is 4.12. The number of aryl methyl sites for hydroxylation is 1. The highest BCUT2D eigenvalue weighted by molar-refractivity contribution is 5.86. The number of nitrogens with one attached hydrogen (secondary N) is 1. The van der Waals surface area contributed by atoms with Crippen LogP contribution in [0.15, 0.2) is 36.7 Å². The van der Waals surface area contributed by atoms with Crippen molar-refractivity contribution < 1.29 is 9.53 Å². The molecule has 5 nitrogen and oxygen atoms in total. The molecular weight excluding hydrogens is 242 g/mol. The van der Waals surface area contributed by atoms with Gasteiger partial charge in [-0.3, -0.25) is 0 Å². The summed E-state index contributed by atoms with van der Waals surface area (Å²) in [6.07, 6.45) is 2.91. The first-order chi connectivity index (χ1) is 9.19. The third-order valence-corrected chi connectivity index (χ3v) is 2.60. The minimum Gasteiger partial charge on any atom is -0.464 e. The number of hydrogen-bond acceptors (Lipinski definition) is 5. The molecule has 0 spiro atoms. The Morgan fingerprint density at radius 2 is 2.16 bits per heavy atom. The van der Waals surface area contributed by atoms with Crippen LogP contribution in [-0.2, 0) is 11.3 Å². The van der Waals surface area contributed by atoms with Crippen molar-refractivity contribution in [1.29, 1.82) is 0 Å². The average Bonchev–Trinajstić information content (AvgIpc) is 2.45. The molecule has 0 unspecified atom stereocenters. The van der Waals surface area contributed by atoms with Crippen molar-refractivity contribution in [2.45, 2.75) is 13.5 Å². The van der Waals surface area contributed by atoms with Crippen LogP contribution < -0.4 is 5.32 Å². The molecule has 0 bridgehead atoms. The zero-order valence-electron chi connectivity index (χ0n) is 10.9. The fourth-order valence-electron chi connectivity index (χ4n) is 1.64. The molecule has 0 saturated carbocycles. The van der Waals surface area contributed by atoms with Gasteiger partial charge in [-0.15, -0.1) is 0 Å². The van der Waals surface area contributed by atoms with Crippen molar-refractivity contribution in [2.75, 3.05) is 12.4 Å². The minimum atomic E-state index is -0.488. The highest BCUT2D eigenvalue weighted by Gasteiger charge is 2.06. The molecule has 1 heterocycles. The van der Waals surface area contributed by atoms with E-state index in [0.29, 0.717) is 12.4 Å². The Morgan fingerprint density at radius 1 is 1.32 bits per heavy atom. The van der Waals surface area contributed by atoms with E-state index in [1.807, 2.05) is 12.1 Å². The van der Waals surface area contributed by atoms with Crippen LogP contribution in [0.1, 0.15) is 21.6 Å². The van der Waals surface area contributed by atoms with E-state index in [2.05, 4.69) is 39.1 Å². The molecule has 5 heteroatoms. The monoisotopic (exact) mass is 257 g/mol. The lowest BCUT2D eigenvalue weighted by atomic mass is 10.1. The van der Waals surface area contributed by atoms with E-state index in [4.69, 9.17) is 0 Å². The van der Waals surface area contributed by atoms with Gasteiger partial charge in [0, 0.05) is 6.54 Å². The van der Waals surface area contributed by atoms with E-state index in [9.17, 15) is 4.79 Å². The van der Waals surface area contributed by atoms with E-state index in [0.717, 1.165) is 0 Å². The SMILES string of the molecule is COC(=O)c1cnc(NCc2cccc(C)c2)cn1. The minimum absolute atomic E-state index is 0.198. The summed E-state index contributed by atoms with van der Waals surface area (Å²) < 4.78 is 4.56. The summed E-state index contributed by atoms with van der Waals surface area (Å²) in [6.45, 7) is 2.71. The van der Waals surface area contributed by atoms with Gasteiger partial charge in [0.2, 0.25) is 0 Å². The first-order valence-corrected chi connectivity index (χ1v) is 5.89. The van der Waals surface area contributed by atoms with Crippen LogP contribution in [0.4, 0.5) is 5.82 Å². The summed E-state index contributed by atoms with van der Waals surface area (Å²) in [6, 6.07) is 8.20. The van der Waals surface area contributed by atoms with Crippen LogP contribution in [-0.4, -0.2) is 23.0 Å². The van der Waals surface area contributed by atoms with Crippen LogP contribution in [0, 0.1) is 6.92 Å². The van der Waals surface area contributed by atoms with Gasteiger partial charge in [0.05, 0.1) is 19.5 Å². The maximum absolute atomic E-state index is 11.2. The van der Waals surface area contributed by atoms with Gasteiger partial charge in [0.25, 0.3) is 0 Å². The Balaban J connectivity index is 1.98. The normalized spacial score (nSPS) is 10.0. The van der Waals surface area contributed by atoms with Gasteiger partial charge < -0.3 is 10.1 Å². The molecule has 0 fully saturated rings. The first kappa shape index (κ1) is 13.0. The summed E-state index contributed by atoms with van der Waals surface area (Å²) in [5.74, 6) is 0.131. The lowest BCUT2D eigenvalue weighted by Crippen LogP contribution is -2.07. The van der Waals surface area contributed by atoms with Gasteiger partial charge >= 0.3 is 5.97 Å². The van der Waals surface area contributed by atoms with Gasteiger partial charge in [-0.2, -0.15) is 0 Å². The number of aromatic nitrogens is 2. The summed E-state index contributed by atoms with van der Waals surface area (Å²) in [7, 11) is 1.31. The number of nitrogens with zero attached hydrogens (tertiary/aromatic N) is 2. The number of carbonyl (C=O) groups is 1. The highest BCUT2D eigenvalue weighted by Crippen LogP contribution is 2.07. The van der Waals surface area contributed by atoms with Crippen LogP contribution in [0.2, 0.25) is 0 Å². The van der Waals surface area contributed by atoms with E-state index in [1.54, 1.807) is 0 Å². The van der Waals surface area contributed by atoms with Crippen LogP contribution in [0.3, 0.4) is 0 Å². The molecule has 0 aliphatic carbocycles. The lowest BCUT2D eigenvalue weighted by Gasteiger charge is -2.06. The van der Waals surface area contributed by atoms with Crippen molar-refractivity contribution in [1.82, 2.24) is 9.97 Å². The average molecular weight is 257 g/mol. The van der Waals surface area contributed by atoms with E-state index in [1.165, 1.54) is 30.6 Å². The Morgan fingerprint density at radius 3 is 2.79 bits per heavy atom. The van der Waals surface area contributed by atoms with Gasteiger partial charge in [-0.05, 0) is 12.5 Å². The van der Waals surface area contributed by atoms with Crippen LogP contribution in [0.25, 0.3) is 0 Å². The molecule has 0 saturated heterocycles. The molecule has 2 aromatic rings. The van der Waals surface area contributed by atoms with Crippen molar-refractivity contribution in [3.63, 3.8) is 0 Å². The fraction of sp³-hybridized carbons (Fsp3) is 0.214. The van der Waals surface area contributed by atoms with Crippen molar-refractivity contribution in [3.8, 4) is 0 Å². The van der Waals surface area contributed by atoms with Gasteiger partial charge in [-0.1, -0.05) is 29.8 Å². The van der Waals surface area contributed by atoms with Gasteiger partial charge in [0.15, 0.2) is 5.69 Å². The quantitative estimate of drug-likeness (QED) is 0.850. The standard InChI is InChI=1S/C14H15N3O2/c1-10-4-3-5-11(6-10)7-16-13-9-15-12(8-17-13)14(18)19-2/h3-6,8-9H,7H2,1-2H3,(H,16,17). The van der Waals surface area contributed by atoms with Crippen molar-refractivity contribution in [3.05, 3.63) is 53.5 Å². The lowest BCUT2D eigenvalue weighted by molar-refractivity contribution is 0.0593. The number of ether oxygens (including phenoxy) is 1. The number of esters is 1. The number of anilines is 1. The predicted octanol–water partition coefficient (Wildman–Crippen LogP) is 2.18. The zero-order valence-corrected chi connectivity index (χ0v) is 10.9. The summed E-state index contributed by atoms with van der Waals surface area (Å²) in [5.41, 5.74) is 2.58. The Labute approximate surface area is 111 Å². The predicted molar refractivity (Wildman–Crippen MR) is 71.9 cm³/mol. The molecule has 0 amide bonds. The summed E-state index contributed by atoms with van der Waals surface area (Å²) in [5, 5.41) is 3.15. The van der Waals surface area contributed by atoms with E-state index < -0.39 is 5.97 Å². The summed E-state index contributed by atoms with van der Waals surface area (Å²) >= 11 is 0. The van der Waals surface area contributed by atoms with Crippen LogP contribution in [0.5, 0.6) is 0 Å². The number of methoxy groups -OCH3 is 1. The Kier molecular flexibility index (Phi) is 4.07. The molecule has 0 atom stereocenters. The second-order valence-corrected chi connectivity index (χ2v) is 4.12. The maximum atomic E-state index is 11.2. The maximum Gasteiger partial charge on any atom is 0.358 e. The molecule has 2 rings (SSSR count). The molecule has 1 aromatic heterocycles. The Hall–Kier alpha value is -2.43. The van der Waals surface area contributed by atoms with Crippen molar-refractivity contribution >= 4 is 11.8 Å². The largest absolute Gasteiger partial charge is 0.464 e.